The first-order chi connectivity index (χ1) is 20.0. The first-order valence-corrected chi connectivity index (χ1v) is 15.1. The molecule has 2 aliphatic rings. The molecule has 2 fully saturated rings. The van der Waals surface area contributed by atoms with Crippen molar-refractivity contribution < 1.29 is 15.0 Å². The summed E-state index contributed by atoms with van der Waals surface area (Å²) in [5, 5.41) is 22.7. The van der Waals surface area contributed by atoms with Crippen molar-refractivity contribution in [1.82, 2.24) is 14.8 Å². The SMILES string of the molecule is O=C(O)C(c1c[nH]c2ccccc12)N1CC(CN2CCC(O)(CCCc3ccccc3)CC2)C(c2ccccc2)C1. The minimum Gasteiger partial charge on any atom is -0.480 e. The van der Waals surface area contributed by atoms with Crippen LogP contribution in [0.1, 0.15) is 54.3 Å². The van der Waals surface area contributed by atoms with E-state index in [9.17, 15) is 15.0 Å². The Balaban J connectivity index is 1.13. The van der Waals surface area contributed by atoms with Crippen molar-refractivity contribution in [2.45, 2.75) is 49.7 Å². The molecule has 3 unspecified atom stereocenters. The number of aryl methyl sites for hydroxylation is 1. The molecule has 4 aromatic rings. The number of benzene rings is 3. The van der Waals surface area contributed by atoms with Gasteiger partial charge in [0.25, 0.3) is 0 Å². The highest BCUT2D eigenvalue weighted by Crippen LogP contribution is 2.40. The smallest absolute Gasteiger partial charge is 0.325 e. The zero-order valence-corrected chi connectivity index (χ0v) is 23.7. The Bertz CT molecular complexity index is 1430. The summed E-state index contributed by atoms with van der Waals surface area (Å²) in [5.74, 6) is -0.232. The Labute approximate surface area is 242 Å². The largest absolute Gasteiger partial charge is 0.480 e. The van der Waals surface area contributed by atoms with Crippen LogP contribution in [0.2, 0.25) is 0 Å². The molecule has 0 saturated carbocycles. The van der Waals surface area contributed by atoms with Crippen LogP contribution in [0.5, 0.6) is 0 Å². The van der Waals surface area contributed by atoms with E-state index in [1.165, 1.54) is 11.1 Å². The van der Waals surface area contributed by atoms with E-state index in [0.717, 1.165) is 74.7 Å². The Morgan fingerprint density at radius 3 is 2.34 bits per heavy atom. The maximum Gasteiger partial charge on any atom is 0.325 e. The molecule has 0 radical (unpaired) electrons. The molecule has 0 aliphatic carbocycles. The molecule has 2 saturated heterocycles. The monoisotopic (exact) mass is 551 g/mol. The summed E-state index contributed by atoms with van der Waals surface area (Å²) in [6, 6.07) is 28.3. The standard InChI is InChI=1S/C35H41N3O3/c39-34(40)33(30-22-36-32-16-8-7-15-29(30)32)38-24-28(31(25-38)27-13-5-2-6-14-27)23-37-20-18-35(41,19-21-37)17-9-12-26-10-3-1-4-11-26/h1-8,10-11,13-16,22,28,31,33,36,41H,9,12,17-21,23-25H2,(H,39,40). The van der Waals surface area contributed by atoms with E-state index < -0.39 is 17.6 Å². The lowest BCUT2D eigenvalue weighted by Gasteiger charge is -2.40. The second-order valence-corrected chi connectivity index (χ2v) is 12.1. The van der Waals surface area contributed by atoms with Crippen LogP contribution >= 0.6 is 0 Å². The van der Waals surface area contributed by atoms with Crippen molar-refractivity contribution in [2.24, 2.45) is 5.92 Å². The fourth-order valence-corrected chi connectivity index (χ4v) is 7.18. The van der Waals surface area contributed by atoms with Gasteiger partial charge in [-0.1, -0.05) is 78.9 Å². The maximum atomic E-state index is 12.7. The number of hydrogen-bond donors (Lipinski definition) is 3. The van der Waals surface area contributed by atoms with Gasteiger partial charge in [0.1, 0.15) is 6.04 Å². The highest BCUT2D eigenvalue weighted by Gasteiger charge is 2.42. The molecule has 1 aromatic heterocycles. The third kappa shape index (κ3) is 6.25. The number of nitrogens with one attached hydrogen (secondary N) is 1. The van der Waals surface area contributed by atoms with Gasteiger partial charge in [-0.3, -0.25) is 9.69 Å². The number of para-hydroxylation sites is 1. The average molecular weight is 552 g/mol. The fraction of sp³-hybridized carbons (Fsp3) is 0.400. The Morgan fingerprint density at radius 2 is 1.61 bits per heavy atom. The van der Waals surface area contributed by atoms with E-state index in [4.69, 9.17) is 0 Å². The van der Waals surface area contributed by atoms with Crippen LogP contribution in [-0.2, 0) is 11.2 Å². The summed E-state index contributed by atoms with van der Waals surface area (Å²) in [6.07, 6.45) is 6.30. The lowest BCUT2D eigenvalue weighted by atomic mass is 9.84. The number of fused-ring (bicyclic) bond motifs is 1. The lowest BCUT2D eigenvalue weighted by Crippen LogP contribution is -2.46. The van der Waals surface area contributed by atoms with Gasteiger partial charge in [-0.2, -0.15) is 0 Å². The van der Waals surface area contributed by atoms with Gasteiger partial charge >= 0.3 is 5.97 Å². The summed E-state index contributed by atoms with van der Waals surface area (Å²) < 4.78 is 0. The quantitative estimate of drug-likeness (QED) is 0.230. The molecule has 3 N–H and O–H groups in total. The lowest BCUT2D eigenvalue weighted by molar-refractivity contribution is -0.143. The molecular weight excluding hydrogens is 510 g/mol. The minimum atomic E-state index is -0.805. The molecular formula is C35H41N3O3. The summed E-state index contributed by atoms with van der Waals surface area (Å²) >= 11 is 0. The summed E-state index contributed by atoms with van der Waals surface area (Å²) in [4.78, 5) is 20.7. The van der Waals surface area contributed by atoms with Gasteiger partial charge in [0, 0.05) is 61.3 Å². The van der Waals surface area contributed by atoms with Crippen LogP contribution in [0.25, 0.3) is 10.9 Å². The van der Waals surface area contributed by atoms with E-state index in [2.05, 4.69) is 63.3 Å². The third-order valence-electron chi connectivity index (χ3n) is 9.44. The second-order valence-electron chi connectivity index (χ2n) is 12.1. The molecule has 0 spiro atoms. The number of aliphatic hydroxyl groups is 1. The van der Waals surface area contributed by atoms with Crippen LogP contribution in [-0.4, -0.2) is 69.3 Å². The van der Waals surface area contributed by atoms with Crippen molar-refractivity contribution in [3.8, 4) is 0 Å². The minimum absolute atomic E-state index is 0.259. The van der Waals surface area contributed by atoms with Crippen molar-refractivity contribution in [3.05, 3.63) is 108 Å². The molecule has 214 valence electrons. The zero-order chi connectivity index (χ0) is 28.2. The number of aliphatic carboxylic acids is 1. The van der Waals surface area contributed by atoms with Crippen LogP contribution < -0.4 is 0 Å². The van der Waals surface area contributed by atoms with Gasteiger partial charge in [0.2, 0.25) is 0 Å². The van der Waals surface area contributed by atoms with Gasteiger partial charge in [-0.25, -0.2) is 0 Å². The summed E-state index contributed by atoms with van der Waals surface area (Å²) in [6.45, 7) is 4.11. The molecule has 3 heterocycles. The number of carboxylic acid groups (broad SMARTS) is 1. The van der Waals surface area contributed by atoms with E-state index in [1.54, 1.807) is 0 Å². The number of aromatic nitrogens is 1. The van der Waals surface area contributed by atoms with Gasteiger partial charge in [0.05, 0.1) is 5.60 Å². The van der Waals surface area contributed by atoms with Crippen LogP contribution in [0.15, 0.2) is 91.1 Å². The number of aromatic amines is 1. The number of rotatable bonds is 10. The molecule has 6 heteroatoms. The highest BCUT2D eigenvalue weighted by molar-refractivity contribution is 5.89. The average Bonchev–Trinajstić information content (AvgIpc) is 3.60. The first kappa shape index (κ1) is 27.7. The number of carbonyl (C=O) groups is 1. The Hall–Kier alpha value is -3.45. The summed E-state index contributed by atoms with van der Waals surface area (Å²) in [5.41, 5.74) is 3.82. The van der Waals surface area contributed by atoms with Gasteiger partial charge in [-0.15, -0.1) is 0 Å². The third-order valence-corrected chi connectivity index (χ3v) is 9.44. The van der Waals surface area contributed by atoms with E-state index in [1.807, 2.05) is 42.6 Å². The Morgan fingerprint density at radius 1 is 0.927 bits per heavy atom. The Kier molecular flexibility index (Phi) is 8.24. The number of H-pyrrole nitrogens is 1. The second kappa shape index (κ2) is 12.2. The predicted octanol–water partition coefficient (Wildman–Crippen LogP) is 5.86. The van der Waals surface area contributed by atoms with Gasteiger partial charge in [0.15, 0.2) is 0 Å². The van der Waals surface area contributed by atoms with Gasteiger partial charge in [-0.05, 0) is 55.2 Å². The number of carboxylic acids is 1. The molecule has 3 atom stereocenters. The number of hydrogen-bond acceptors (Lipinski definition) is 4. The number of piperidine rings is 1. The van der Waals surface area contributed by atoms with Gasteiger partial charge < -0.3 is 20.1 Å². The molecule has 6 nitrogen and oxygen atoms in total. The molecule has 3 aromatic carbocycles. The topological polar surface area (TPSA) is 79.8 Å². The van der Waals surface area contributed by atoms with E-state index in [0.29, 0.717) is 12.5 Å². The summed E-state index contributed by atoms with van der Waals surface area (Å²) in [7, 11) is 0. The van der Waals surface area contributed by atoms with Crippen molar-refractivity contribution in [1.29, 1.82) is 0 Å². The van der Waals surface area contributed by atoms with Crippen LogP contribution in [0, 0.1) is 5.92 Å². The van der Waals surface area contributed by atoms with E-state index in [-0.39, 0.29) is 5.92 Å². The molecule has 6 rings (SSSR count). The number of likely N-dealkylation sites (tertiary alicyclic amines) is 2. The molecule has 41 heavy (non-hydrogen) atoms. The molecule has 0 bridgehead atoms. The van der Waals surface area contributed by atoms with Crippen LogP contribution in [0.4, 0.5) is 0 Å². The van der Waals surface area contributed by atoms with E-state index >= 15 is 0 Å². The normalized spacial score (nSPS) is 22.2. The van der Waals surface area contributed by atoms with Crippen LogP contribution in [0.3, 0.4) is 0 Å². The highest BCUT2D eigenvalue weighted by atomic mass is 16.4. The zero-order valence-electron chi connectivity index (χ0n) is 23.7. The molecule has 2 aliphatic heterocycles. The molecule has 0 amide bonds. The van der Waals surface area contributed by atoms with Crippen molar-refractivity contribution in [2.75, 3.05) is 32.7 Å². The van der Waals surface area contributed by atoms with Crippen molar-refractivity contribution in [3.63, 3.8) is 0 Å². The first-order valence-electron chi connectivity index (χ1n) is 15.1. The predicted molar refractivity (Wildman–Crippen MR) is 163 cm³/mol. The number of nitrogens with zero attached hydrogens (tertiary/aromatic N) is 2. The maximum absolute atomic E-state index is 12.7. The fourth-order valence-electron chi connectivity index (χ4n) is 7.18. The van der Waals surface area contributed by atoms with Crippen molar-refractivity contribution >= 4 is 16.9 Å².